The first-order valence-corrected chi connectivity index (χ1v) is 7.81. The second-order valence-corrected chi connectivity index (χ2v) is 5.44. The van der Waals surface area contributed by atoms with E-state index in [1.807, 2.05) is 56.4 Å². The second kappa shape index (κ2) is 8.05. The van der Waals surface area contributed by atoms with Gasteiger partial charge in [-0.25, -0.2) is 0 Å². The summed E-state index contributed by atoms with van der Waals surface area (Å²) in [5.41, 5.74) is 2.20. The molecule has 2 aromatic carbocycles. The van der Waals surface area contributed by atoms with Crippen molar-refractivity contribution < 1.29 is 9.47 Å². The van der Waals surface area contributed by atoms with Gasteiger partial charge in [0.1, 0.15) is 6.61 Å². The molecule has 2 aromatic rings. The Morgan fingerprint density at radius 3 is 2.48 bits per heavy atom. The van der Waals surface area contributed by atoms with Crippen molar-refractivity contribution in [1.82, 2.24) is 5.32 Å². The van der Waals surface area contributed by atoms with E-state index in [4.69, 9.17) is 9.47 Å². The first kappa shape index (κ1) is 15.9. The molecule has 21 heavy (non-hydrogen) atoms. The molecule has 0 aliphatic rings. The van der Waals surface area contributed by atoms with E-state index >= 15 is 0 Å². The summed E-state index contributed by atoms with van der Waals surface area (Å²) < 4.78 is 12.8. The molecule has 0 atom stereocenters. The molecule has 0 saturated heterocycles. The summed E-state index contributed by atoms with van der Waals surface area (Å²) >= 11 is 3.54. The fraction of sp³-hybridized carbons (Fsp3) is 0.294. The largest absolute Gasteiger partial charge is 0.490 e. The molecular weight excluding hydrogens is 330 g/mol. The fourth-order valence-electron chi connectivity index (χ4n) is 2.09. The van der Waals surface area contributed by atoms with Crippen LogP contribution in [-0.4, -0.2) is 13.7 Å². The second-order valence-electron chi connectivity index (χ2n) is 4.59. The summed E-state index contributed by atoms with van der Waals surface area (Å²) in [5, 5.41) is 3.16. The SMILES string of the molecule is CCOc1cccc(CNC)c1OCc1ccccc1Br. The average Bonchev–Trinajstić information content (AvgIpc) is 2.49. The molecule has 0 unspecified atom stereocenters. The Balaban J connectivity index is 2.22. The Labute approximate surface area is 134 Å². The van der Waals surface area contributed by atoms with Crippen LogP contribution in [0.25, 0.3) is 0 Å². The molecule has 2 rings (SSSR count). The van der Waals surface area contributed by atoms with Crippen LogP contribution in [0.1, 0.15) is 18.1 Å². The van der Waals surface area contributed by atoms with Crippen LogP contribution < -0.4 is 14.8 Å². The molecule has 0 saturated carbocycles. The first-order valence-electron chi connectivity index (χ1n) is 7.01. The molecular formula is C17H20BrNO2. The van der Waals surface area contributed by atoms with E-state index in [0.717, 1.165) is 33.6 Å². The molecule has 0 fully saturated rings. The van der Waals surface area contributed by atoms with Gasteiger partial charge in [-0.3, -0.25) is 0 Å². The first-order chi connectivity index (χ1) is 10.3. The third kappa shape index (κ3) is 4.22. The quantitative estimate of drug-likeness (QED) is 0.814. The lowest BCUT2D eigenvalue weighted by Crippen LogP contribution is -2.09. The third-order valence-electron chi connectivity index (χ3n) is 3.06. The Morgan fingerprint density at radius 2 is 1.76 bits per heavy atom. The topological polar surface area (TPSA) is 30.5 Å². The van der Waals surface area contributed by atoms with Crippen molar-refractivity contribution in [2.24, 2.45) is 0 Å². The molecule has 3 nitrogen and oxygen atoms in total. The van der Waals surface area contributed by atoms with Crippen LogP contribution in [0.2, 0.25) is 0 Å². The van der Waals surface area contributed by atoms with Crippen molar-refractivity contribution in [3.8, 4) is 11.5 Å². The van der Waals surface area contributed by atoms with Gasteiger partial charge < -0.3 is 14.8 Å². The van der Waals surface area contributed by atoms with Gasteiger partial charge in [0.05, 0.1) is 6.61 Å². The molecule has 0 aromatic heterocycles. The number of rotatable bonds is 7. The fourth-order valence-corrected chi connectivity index (χ4v) is 2.49. The minimum atomic E-state index is 0.502. The maximum absolute atomic E-state index is 6.05. The van der Waals surface area contributed by atoms with Crippen LogP contribution >= 0.6 is 15.9 Å². The highest BCUT2D eigenvalue weighted by Crippen LogP contribution is 2.32. The number of ether oxygens (including phenoxy) is 2. The van der Waals surface area contributed by atoms with Crippen LogP contribution in [0.5, 0.6) is 11.5 Å². The summed E-state index contributed by atoms with van der Waals surface area (Å²) in [6, 6.07) is 14.0. The van der Waals surface area contributed by atoms with E-state index in [1.165, 1.54) is 0 Å². The van der Waals surface area contributed by atoms with Gasteiger partial charge in [0.15, 0.2) is 11.5 Å². The molecule has 0 heterocycles. The predicted octanol–water partition coefficient (Wildman–Crippen LogP) is 4.15. The van der Waals surface area contributed by atoms with Crippen molar-refractivity contribution in [3.05, 3.63) is 58.1 Å². The van der Waals surface area contributed by atoms with E-state index in [0.29, 0.717) is 13.2 Å². The van der Waals surface area contributed by atoms with Crippen molar-refractivity contribution in [2.75, 3.05) is 13.7 Å². The lowest BCUT2D eigenvalue weighted by molar-refractivity contribution is 0.266. The summed E-state index contributed by atoms with van der Waals surface area (Å²) in [6.45, 7) is 3.84. The van der Waals surface area contributed by atoms with Crippen LogP contribution in [0.15, 0.2) is 46.9 Å². The summed E-state index contributed by atoms with van der Waals surface area (Å²) in [7, 11) is 1.92. The van der Waals surface area contributed by atoms with Crippen molar-refractivity contribution in [2.45, 2.75) is 20.1 Å². The molecule has 0 bridgehead atoms. The maximum atomic E-state index is 6.05. The maximum Gasteiger partial charge on any atom is 0.166 e. The van der Waals surface area contributed by atoms with Gasteiger partial charge in [-0.2, -0.15) is 0 Å². The minimum absolute atomic E-state index is 0.502. The third-order valence-corrected chi connectivity index (χ3v) is 3.83. The number of hydrogen-bond acceptors (Lipinski definition) is 3. The molecule has 1 N–H and O–H groups in total. The minimum Gasteiger partial charge on any atom is -0.490 e. The summed E-state index contributed by atoms with van der Waals surface area (Å²) in [6.07, 6.45) is 0. The van der Waals surface area contributed by atoms with Gasteiger partial charge in [-0.1, -0.05) is 46.3 Å². The van der Waals surface area contributed by atoms with Gasteiger partial charge in [-0.05, 0) is 26.1 Å². The Morgan fingerprint density at radius 1 is 1.00 bits per heavy atom. The van der Waals surface area contributed by atoms with Crippen molar-refractivity contribution in [1.29, 1.82) is 0 Å². The van der Waals surface area contributed by atoms with E-state index in [2.05, 4.69) is 21.2 Å². The standard InChI is InChI=1S/C17H20BrNO2/c1-3-20-16-10-6-8-13(11-19-2)17(16)21-12-14-7-4-5-9-15(14)18/h4-10,19H,3,11-12H2,1-2H3. The molecule has 0 spiro atoms. The van der Waals surface area contributed by atoms with E-state index in [9.17, 15) is 0 Å². The summed E-state index contributed by atoms with van der Waals surface area (Å²) in [4.78, 5) is 0. The Hall–Kier alpha value is -1.52. The number of para-hydroxylation sites is 1. The van der Waals surface area contributed by atoms with Gasteiger partial charge in [0, 0.05) is 22.1 Å². The van der Waals surface area contributed by atoms with Crippen LogP contribution in [-0.2, 0) is 13.2 Å². The van der Waals surface area contributed by atoms with Crippen molar-refractivity contribution >= 4 is 15.9 Å². The Bertz CT molecular complexity index is 563. The van der Waals surface area contributed by atoms with Gasteiger partial charge in [0.2, 0.25) is 0 Å². The molecule has 0 aliphatic heterocycles. The van der Waals surface area contributed by atoms with Gasteiger partial charge in [-0.15, -0.1) is 0 Å². The lowest BCUT2D eigenvalue weighted by Gasteiger charge is -2.16. The highest BCUT2D eigenvalue weighted by Gasteiger charge is 2.11. The number of halogens is 1. The molecule has 0 aliphatic carbocycles. The monoisotopic (exact) mass is 349 g/mol. The van der Waals surface area contributed by atoms with E-state index < -0.39 is 0 Å². The van der Waals surface area contributed by atoms with Crippen LogP contribution in [0.3, 0.4) is 0 Å². The highest BCUT2D eigenvalue weighted by molar-refractivity contribution is 9.10. The van der Waals surface area contributed by atoms with Gasteiger partial charge in [0.25, 0.3) is 0 Å². The summed E-state index contributed by atoms with van der Waals surface area (Å²) in [5.74, 6) is 1.60. The van der Waals surface area contributed by atoms with Crippen LogP contribution in [0, 0.1) is 0 Å². The molecule has 112 valence electrons. The molecule has 4 heteroatoms. The molecule has 0 radical (unpaired) electrons. The predicted molar refractivity (Wildman–Crippen MR) is 88.8 cm³/mol. The van der Waals surface area contributed by atoms with Crippen molar-refractivity contribution in [3.63, 3.8) is 0 Å². The normalized spacial score (nSPS) is 10.4. The van der Waals surface area contributed by atoms with Crippen LogP contribution in [0.4, 0.5) is 0 Å². The zero-order valence-corrected chi connectivity index (χ0v) is 13.9. The van der Waals surface area contributed by atoms with E-state index in [-0.39, 0.29) is 0 Å². The smallest absolute Gasteiger partial charge is 0.166 e. The number of benzene rings is 2. The number of hydrogen-bond donors (Lipinski definition) is 1. The highest BCUT2D eigenvalue weighted by atomic mass is 79.9. The zero-order chi connectivity index (χ0) is 15.1. The lowest BCUT2D eigenvalue weighted by atomic mass is 10.1. The average molecular weight is 350 g/mol. The zero-order valence-electron chi connectivity index (χ0n) is 12.4. The number of nitrogens with one attached hydrogen (secondary N) is 1. The molecule has 0 amide bonds. The van der Waals surface area contributed by atoms with Gasteiger partial charge >= 0.3 is 0 Å². The van der Waals surface area contributed by atoms with E-state index in [1.54, 1.807) is 0 Å². The Kier molecular flexibility index (Phi) is 6.08.